The molecule has 8 nitrogen and oxygen atoms in total. The number of anilines is 2. The van der Waals surface area contributed by atoms with Crippen LogP contribution in [-0.4, -0.2) is 28.1 Å². The first-order valence-corrected chi connectivity index (χ1v) is 7.25. The summed E-state index contributed by atoms with van der Waals surface area (Å²) in [5, 5.41) is 32.1. The smallest absolute Gasteiger partial charge is 0.335 e. The van der Waals surface area contributed by atoms with Gasteiger partial charge in [-0.1, -0.05) is 6.07 Å². The van der Waals surface area contributed by atoms with E-state index in [4.69, 9.17) is 15.5 Å². The zero-order valence-electron chi connectivity index (χ0n) is 13.3. The molecule has 1 amide bonds. The number of hydrogen-bond acceptors (Lipinski definition) is 5. The van der Waals surface area contributed by atoms with Crippen LogP contribution < -0.4 is 10.6 Å². The summed E-state index contributed by atoms with van der Waals surface area (Å²) in [5.41, 5.74) is 0.613. The number of nitrogens with zero attached hydrogens (tertiary/aromatic N) is 1. The van der Waals surface area contributed by atoms with Crippen LogP contribution in [0.4, 0.5) is 11.4 Å². The second-order valence-corrected chi connectivity index (χ2v) is 5.04. The lowest BCUT2D eigenvalue weighted by molar-refractivity contribution is -0.112. The molecule has 0 aliphatic rings. The molecule has 4 N–H and O–H groups in total. The minimum absolute atomic E-state index is 0.0601. The maximum Gasteiger partial charge on any atom is 0.335 e. The second-order valence-electron chi connectivity index (χ2n) is 5.04. The van der Waals surface area contributed by atoms with Gasteiger partial charge in [-0.05, 0) is 42.5 Å². The standard InChI is InChI=1S/C18H13N3O5/c19-9-13(10-20-15-3-1-2-12(8-15)18(25)26)16(22)21-14-6-4-11(5-7-14)17(23)24/h1-8,10,20H,(H,21,22)(H,23,24)(H,25,26)/b13-10-. The van der Waals surface area contributed by atoms with Crippen molar-refractivity contribution in [3.8, 4) is 6.07 Å². The van der Waals surface area contributed by atoms with Crippen molar-refractivity contribution in [1.29, 1.82) is 5.26 Å². The Morgan fingerprint density at radius 2 is 1.58 bits per heavy atom. The summed E-state index contributed by atoms with van der Waals surface area (Å²) in [6, 6.07) is 13.1. The van der Waals surface area contributed by atoms with E-state index in [1.807, 2.05) is 0 Å². The molecule has 2 aromatic carbocycles. The number of benzene rings is 2. The van der Waals surface area contributed by atoms with E-state index in [0.717, 1.165) is 6.20 Å². The molecule has 0 fully saturated rings. The molecule has 0 atom stereocenters. The van der Waals surface area contributed by atoms with Crippen molar-refractivity contribution in [2.45, 2.75) is 0 Å². The van der Waals surface area contributed by atoms with Crippen LogP contribution in [0.3, 0.4) is 0 Å². The molecule has 8 heteroatoms. The number of aromatic carboxylic acids is 2. The molecule has 0 aliphatic carbocycles. The summed E-state index contributed by atoms with van der Waals surface area (Å²) in [6.45, 7) is 0. The lowest BCUT2D eigenvalue weighted by Gasteiger charge is -2.06. The summed E-state index contributed by atoms with van der Waals surface area (Å²) in [6.07, 6.45) is 1.15. The van der Waals surface area contributed by atoms with Gasteiger partial charge in [0.1, 0.15) is 11.6 Å². The Morgan fingerprint density at radius 1 is 0.923 bits per heavy atom. The molecule has 0 aliphatic heterocycles. The Balaban J connectivity index is 2.09. The van der Waals surface area contributed by atoms with Crippen LogP contribution in [0, 0.1) is 11.3 Å². The number of carboxylic acid groups (broad SMARTS) is 2. The highest BCUT2D eigenvalue weighted by Gasteiger charge is 2.10. The summed E-state index contributed by atoms with van der Waals surface area (Å²) >= 11 is 0. The van der Waals surface area contributed by atoms with Gasteiger partial charge in [-0.2, -0.15) is 5.26 Å². The van der Waals surface area contributed by atoms with Gasteiger partial charge in [0.05, 0.1) is 11.1 Å². The lowest BCUT2D eigenvalue weighted by atomic mass is 10.2. The third kappa shape index (κ3) is 4.69. The van der Waals surface area contributed by atoms with Crippen molar-refractivity contribution in [3.63, 3.8) is 0 Å². The molecule has 26 heavy (non-hydrogen) atoms. The van der Waals surface area contributed by atoms with E-state index >= 15 is 0 Å². The van der Waals surface area contributed by atoms with Crippen LogP contribution in [0.1, 0.15) is 20.7 Å². The summed E-state index contributed by atoms with van der Waals surface area (Å²) < 4.78 is 0. The number of amides is 1. The van der Waals surface area contributed by atoms with Crippen molar-refractivity contribution < 1.29 is 24.6 Å². The molecule has 2 aromatic rings. The van der Waals surface area contributed by atoms with Gasteiger partial charge in [0.2, 0.25) is 0 Å². The maximum absolute atomic E-state index is 12.1. The zero-order valence-corrected chi connectivity index (χ0v) is 13.3. The van der Waals surface area contributed by atoms with E-state index in [9.17, 15) is 14.4 Å². The molecule has 0 bridgehead atoms. The van der Waals surface area contributed by atoms with Crippen molar-refractivity contribution in [1.82, 2.24) is 0 Å². The minimum Gasteiger partial charge on any atom is -0.478 e. The molecule has 0 heterocycles. The van der Waals surface area contributed by atoms with Crippen molar-refractivity contribution in [3.05, 3.63) is 71.4 Å². The summed E-state index contributed by atoms with van der Waals surface area (Å²) in [4.78, 5) is 33.8. The van der Waals surface area contributed by atoms with Crippen LogP contribution >= 0.6 is 0 Å². The predicted octanol–water partition coefficient (Wildman–Crippen LogP) is 2.54. The van der Waals surface area contributed by atoms with E-state index in [0.29, 0.717) is 11.4 Å². The molecule has 0 radical (unpaired) electrons. The average molecular weight is 351 g/mol. The number of hydrogen-bond donors (Lipinski definition) is 4. The van der Waals surface area contributed by atoms with Crippen LogP contribution in [0.25, 0.3) is 0 Å². The fraction of sp³-hybridized carbons (Fsp3) is 0. The maximum atomic E-state index is 12.1. The molecule has 2 rings (SSSR count). The molecular formula is C18H13N3O5. The Hall–Kier alpha value is -4.12. The van der Waals surface area contributed by atoms with Crippen LogP contribution in [-0.2, 0) is 4.79 Å². The first kappa shape index (κ1) is 18.2. The second kappa shape index (κ2) is 8.12. The number of carboxylic acids is 2. The highest BCUT2D eigenvalue weighted by Crippen LogP contribution is 2.13. The third-order valence-electron chi connectivity index (χ3n) is 3.25. The first-order valence-electron chi connectivity index (χ1n) is 7.25. The van der Waals surface area contributed by atoms with E-state index in [1.165, 1.54) is 42.5 Å². The lowest BCUT2D eigenvalue weighted by Crippen LogP contribution is -2.14. The largest absolute Gasteiger partial charge is 0.478 e. The molecular weight excluding hydrogens is 338 g/mol. The summed E-state index contributed by atoms with van der Waals surface area (Å²) in [5.74, 6) is -2.88. The van der Waals surface area contributed by atoms with Crippen molar-refractivity contribution in [2.75, 3.05) is 10.6 Å². The molecule has 0 saturated heterocycles. The van der Waals surface area contributed by atoms with Crippen molar-refractivity contribution >= 4 is 29.2 Å². The monoisotopic (exact) mass is 351 g/mol. The average Bonchev–Trinajstić information content (AvgIpc) is 2.63. The van der Waals surface area contributed by atoms with Gasteiger partial charge in [0.15, 0.2) is 0 Å². The SMILES string of the molecule is N#C/C(=C/Nc1cccc(C(=O)O)c1)C(=O)Nc1ccc(C(=O)O)cc1. The zero-order chi connectivity index (χ0) is 19.1. The van der Waals surface area contributed by atoms with Gasteiger partial charge in [0.25, 0.3) is 5.91 Å². The Labute approximate surface area is 148 Å². The van der Waals surface area contributed by atoms with Gasteiger partial charge in [0, 0.05) is 17.6 Å². The molecule has 0 aromatic heterocycles. The molecule has 0 saturated carbocycles. The number of rotatable bonds is 6. The minimum atomic E-state index is -1.10. The Bertz CT molecular complexity index is 927. The number of nitriles is 1. The van der Waals surface area contributed by atoms with Gasteiger partial charge in [-0.15, -0.1) is 0 Å². The highest BCUT2D eigenvalue weighted by molar-refractivity contribution is 6.06. The number of carbonyl (C=O) groups is 3. The molecule has 130 valence electrons. The fourth-order valence-corrected chi connectivity index (χ4v) is 1.94. The first-order chi connectivity index (χ1) is 12.4. The normalized spacial score (nSPS) is 10.5. The van der Waals surface area contributed by atoms with Gasteiger partial charge in [-0.3, -0.25) is 4.79 Å². The Kier molecular flexibility index (Phi) is 5.69. The van der Waals surface area contributed by atoms with Crippen LogP contribution in [0.5, 0.6) is 0 Å². The number of carbonyl (C=O) groups excluding carboxylic acids is 1. The quantitative estimate of drug-likeness (QED) is 0.463. The van der Waals surface area contributed by atoms with Gasteiger partial charge >= 0.3 is 11.9 Å². The van der Waals surface area contributed by atoms with E-state index < -0.39 is 17.8 Å². The van der Waals surface area contributed by atoms with E-state index in [2.05, 4.69) is 10.6 Å². The van der Waals surface area contributed by atoms with Gasteiger partial charge < -0.3 is 20.8 Å². The van der Waals surface area contributed by atoms with Gasteiger partial charge in [-0.25, -0.2) is 9.59 Å². The molecule has 0 unspecified atom stereocenters. The predicted molar refractivity (Wildman–Crippen MR) is 92.8 cm³/mol. The van der Waals surface area contributed by atoms with Crippen LogP contribution in [0.2, 0.25) is 0 Å². The fourth-order valence-electron chi connectivity index (χ4n) is 1.94. The van der Waals surface area contributed by atoms with E-state index in [-0.39, 0.29) is 16.7 Å². The molecule has 0 spiro atoms. The van der Waals surface area contributed by atoms with Crippen molar-refractivity contribution in [2.24, 2.45) is 0 Å². The summed E-state index contributed by atoms with van der Waals surface area (Å²) in [7, 11) is 0. The number of nitrogens with one attached hydrogen (secondary N) is 2. The Morgan fingerprint density at radius 3 is 2.15 bits per heavy atom. The topological polar surface area (TPSA) is 140 Å². The third-order valence-corrected chi connectivity index (χ3v) is 3.25. The highest BCUT2D eigenvalue weighted by atomic mass is 16.4. The van der Waals surface area contributed by atoms with Crippen LogP contribution in [0.15, 0.2) is 60.3 Å². The van der Waals surface area contributed by atoms with E-state index in [1.54, 1.807) is 12.1 Å².